The van der Waals surface area contributed by atoms with Crippen molar-refractivity contribution >= 4 is 5.91 Å². The van der Waals surface area contributed by atoms with Gasteiger partial charge < -0.3 is 9.64 Å². The molecule has 1 aromatic rings. The number of carbonyl (C=O) groups is 1. The van der Waals surface area contributed by atoms with Gasteiger partial charge in [0.25, 0.3) is 5.91 Å². The van der Waals surface area contributed by atoms with Crippen molar-refractivity contribution < 1.29 is 18.3 Å². The van der Waals surface area contributed by atoms with Gasteiger partial charge in [0.15, 0.2) is 0 Å². The maximum absolute atomic E-state index is 13.7. The fourth-order valence-corrected chi connectivity index (χ4v) is 2.02. The number of carbonyl (C=O) groups excluding carboxylic acids is 1. The third-order valence-electron chi connectivity index (χ3n) is 3.63. The van der Waals surface area contributed by atoms with Gasteiger partial charge in [-0.15, -0.1) is 0 Å². The molecule has 0 radical (unpaired) electrons. The SMILES string of the molecule is COC(C)(C)C(=O)N(Cc1ccc(F)cc1F)C1CC1. The summed E-state index contributed by atoms with van der Waals surface area (Å²) in [6.45, 7) is 3.51. The molecule has 1 fully saturated rings. The molecule has 0 aliphatic heterocycles. The molecule has 5 heteroatoms. The molecule has 20 heavy (non-hydrogen) atoms. The van der Waals surface area contributed by atoms with Crippen LogP contribution in [0.3, 0.4) is 0 Å². The quantitative estimate of drug-likeness (QED) is 0.831. The Labute approximate surface area is 117 Å². The Morgan fingerprint density at radius 2 is 2.05 bits per heavy atom. The van der Waals surface area contributed by atoms with E-state index in [1.165, 1.54) is 19.2 Å². The smallest absolute Gasteiger partial charge is 0.254 e. The van der Waals surface area contributed by atoms with Gasteiger partial charge in [0.05, 0.1) is 0 Å². The summed E-state index contributed by atoms with van der Waals surface area (Å²) >= 11 is 0. The lowest BCUT2D eigenvalue weighted by molar-refractivity contribution is -0.152. The number of ether oxygens (including phenoxy) is 1. The van der Waals surface area contributed by atoms with Crippen molar-refractivity contribution in [3.05, 3.63) is 35.4 Å². The number of hydrogen-bond acceptors (Lipinski definition) is 2. The predicted octanol–water partition coefficient (Wildman–Crippen LogP) is 2.88. The van der Waals surface area contributed by atoms with Crippen LogP contribution < -0.4 is 0 Å². The van der Waals surface area contributed by atoms with Crippen LogP contribution in [0.4, 0.5) is 8.78 Å². The van der Waals surface area contributed by atoms with Crippen molar-refractivity contribution in [1.29, 1.82) is 0 Å². The van der Waals surface area contributed by atoms with E-state index in [2.05, 4.69) is 0 Å². The Kier molecular flexibility index (Phi) is 4.09. The summed E-state index contributed by atoms with van der Waals surface area (Å²) < 4.78 is 31.8. The molecular formula is C15H19F2NO2. The van der Waals surface area contributed by atoms with Gasteiger partial charge in [-0.1, -0.05) is 6.07 Å². The Balaban J connectivity index is 2.20. The molecular weight excluding hydrogens is 264 g/mol. The standard InChI is InChI=1S/C15H19F2NO2/c1-15(2,20-3)14(19)18(12-6-7-12)9-10-4-5-11(16)8-13(10)17/h4-5,8,12H,6-7,9H2,1-3H3. The molecule has 0 aromatic heterocycles. The third-order valence-corrected chi connectivity index (χ3v) is 3.63. The molecule has 0 saturated heterocycles. The van der Waals surface area contributed by atoms with Crippen LogP contribution in [-0.4, -0.2) is 29.6 Å². The zero-order valence-electron chi connectivity index (χ0n) is 12.0. The number of amides is 1. The molecule has 3 nitrogen and oxygen atoms in total. The van der Waals surface area contributed by atoms with E-state index in [1.807, 2.05) is 0 Å². The maximum atomic E-state index is 13.7. The van der Waals surface area contributed by atoms with Crippen LogP contribution in [-0.2, 0) is 16.1 Å². The minimum Gasteiger partial charge on any atom is -0.369 e. The van der Waals surface area contributed by atoms with Crippen LogP contribution in [0.1, 0.15) is 32.3 Å². The molecule has 1 aliphatic carbocycles. The lowest BCUT2D eigenvalue weighted by Crippen LogP contribution is -2.47. The predicted molar refractivity (Wildman–Crippen MR) is 71.0 cm³/mol. The number of hydrogen-bond donors (Lipinski definition) is 0. The van der Waals surface area contributed by atoms with Gasteiger partial charge in [-0.25, -0.2) is 8.78 Å². The molecule has 0 spiro atoms. The Morgan fingerprint density at radius 1 is 1.40 bits per heavy atom. The first-order chi connectivity index (χ1) is 9.35. The highest BCUT2D eigenvalue weighted by Gasteiger charge is 2.40. The first-order valence-corrected chi connectivity index (χ1v) is 6.65. The lowest BCUT2D eigenvalue weighted by Gasteiger charge is -2.31. The molecule has 2 rings (SSSR count). The number of rotatable bonds is 5. The fraction of sp³-hybridized carbons (Fsp3) is 0.533. The molecule has 1 aromatic carbocycles. The van der Waals surface area contributed by atoms with Gasteiger partial charge in [0, 0.05) is 31.3 Å². The van der Waals surface area contributed by atoms with Gasteiger partial charge in [-0.3, -0.25) is 4.79 Å². The first kappa shape index (κ1) is 14.9. The van der Waals surface area contributed by atoms with E-state index in [0.29, 0.717) is 5.56 Å². The van der Waals surface area contributed by atoms with Gasteiger partial charge in [0.1, 0.15) is 17.2 Å². The Hall–Kier alpha value is -1.49. The summed E-state index contributed by atoms with van der Waals surface area (Å²) in [5.74, 6) is -1.42. The molecule has 1 aliphatic rings. The highest BCUT2D eigenvalue weighted by Crippen LogP contribution is 2.31. The highest BCUT2D eigenvalue weighted by atomic mass is 19.1. The first-order valence-electron chi connectivity index (χ1n) is 6.65. The van der Waals surface area contributed by atoms with Crippen molar-refractivity contribution in [3.8, 4) is 0 Å². The Morgan fingerprint density at radius 3 is 2.55 bits per heavy atom. The number of methoxy groups -OCH3 is 1. The third kappa shape index (κ3) is 3.15. The van der Waals surface area contributed by atoms with Crippen molar-refractivity contribution in [2.24, 2.45) is 0 Å². The zero-order valence-corrected chi connectivity index (χ0v) is 12.0. The second kappa shape index (κ2) is 5.48. The molecule has 110 valence electrons. The largest absolute Gasteiger partial charge is 0.369 e. The van der Waals surface area contributed by atoms with Gasteiger partial charge in [-0.05, 0) is 32.8 Å². The highest BCUT2D eigenvalue weighted by molar-refractivity contribution is 5.85. The monoisotopic (exact) mass is 283 g/mol. The summed E-state index contributed by atoms with van der Waals surface area (Å²) in [6, 6.07) is 3.55. The van der Waals surface area contributed by atoms with E-state index in [4.69, 9.17) is 4.74 Å². The summed E-state index contributed by atoms with van der Waals surface area (Å²) in [6.07, 6.45) is 1.82. The van der Waals surface area contributed by atoms with Crippen LogP contribution in [0, 0.1) is 11.6 Å². The topological polar surface area (TPSA) is 29.5 Å². The second-order valence-electron chi connectivity index (χ2n) is 5.61. The van der Waals surface area contributed by atoms with Crippen LogP contribution in [0.2, 0.25) is 0 Å². The summed E-state index contributed by atoms with van der Waals surface area (Å²) in [5.41, 5.74) is -0.627. The molecule has 0 bridgehead atoms. The molecule has 0 heterocycles. The molecule has 0 N–H and O–H groups in total. The van der Waals surface area contributed by atoms with Crippen LogP contribution in [0.15, 0.2) is 18.2 Å². The minimum absolute atomic E-state index is 0.126. The average Bonchev–Trinajstić information content (AvgIpc) is 3.21. The van der Waals surface area contributed by atoms with Crippen LogP contribution >= 0.6 is 0 Å². The van der Waals surface area contributed by atoms with E-state index in [0.717, 1.165) is 18.9 Å². The average molecular weight is 283 g/mol. The van der Waals surface area contributed by atoms with Gasteiger partial charge in [-0.2, -0.15) is 0 Å². The van der Waals surface area contributed by atoms with Gasteiger partial charge in [0.2, 0.25) is 0 Å². The maximum Gasteiger partial charge on any atom is 0.254 e. The van der Waals surface area contributed by atoms with Crippen LogP contribution in [0.5, 0.6) is 0 Å². The molecule has 1 amide bonds. The molecule has 1 saturated carbocycles. The number of halogens is 2. The van der Waals surface area contributed by atoms with Crippen molar-refractivity contribution in [3.63, 3.8) is 0 Å². The van der Waals surface area contributed by atoms with E-state index in [9.17, 15) is 13.6 Å². The van der Waals surface area contributed by atoms with E-state index < -0.39 is 17.2 Å². The van der Waals surface area contributed by atoms with Crippen molar-refractivity contribution in [1.82, 2.24) is 4.90 Å². The summed E-state index contributed by atoms with van der Waals surface area (Å²) in [4.78, 5) is 14.1. The van der Waals surface area contributed by atoms with Crippen LogP contribution in [0.25, 0.3) is 0 Å². The molecule has 0 unspecified atom stereocenters. The summed E-state index contributed by atoms with van der Waals surface area (Å²) in [5, 5.41) is 0. The second-order valence-corrected chi connectivity index (χ2v) is 5.61. The molecule has 0 atom stereocenters. The van der Waals surface area contributed by atoms with E-state index in [1.54, 1.807) is 18.7 Å². The fourth-order valence-electron chi connectivity index (χ4n) is 2.02. The number of nitrogens with zero attached hydrogens (tertiary/aromatic N) is 1. The number of benzene rings is 1. The van der Waals surface area contributed by atoms with Gasteiger partial charge >= 0.3 is 0 Å². The zero-order chi connectivity index (χ0) is 14.9. The van der Waals surface area contributed by atoms with Crippen molar-refractivity contribution in [2.75, 3.05) is 7.11 Å². The summed E-state index contributed by atoms with van der Waals surface area (Å²) in [7, 11) is 1.47. The Bertz CT molecular complexity index is 513. The minimum atomic E-state index is -0.945. The van der Waals surface area contributed by atoms with Crippen molar-refractivity contribution in [2.45, 2.75) is 44.9 Å². The van der Waals surface area contributed by atoms with E-state index >= 15 is 0 Å². The normalized spacial score (nSPS) is 15.2. The van der Waals surface area contributed by atoms with E-state index in [-0.39, 0.29) is 18.5 Å². The lowest BCUT2D eigenvalue weighted by atomic mass is 10.1.